The molecule has 5 heteroatoms. The summed E-state index contributed by atoms with van der Waals surface area (Å²) in [4.78, 5) is 22.2. The minimum absolute atomic E-state index is 0.0301. The molecule has 86 valence electrons. The second-order valence-electron chi connectivity index (χ2n) is 5.00. The molecule has 1 heterocycles. The van der Waals surface area contributed by atoms with E-state index in [2.05, 4.69) is 0 Å². The van der Waals surface area contributed by atoms with Crippen molar-refractivity contribution >= 4 is 11.9 Å². The van der Waals surface area contributed by atoms with Crippen LogP contribution in [0.15, 0.2) is 0 Å². The highest BCUT2D eigenvalue weighted by Crippen LogP contribution is 2.32. The molecule has 1 saturated heterocycles. The Labute approximate surface area is 89.6 Å². The third kappa shape index (κ3) is 2.47. The van der Waals surface area contributed by atoms with Gasteiger partial charge in [-0.2, -0.15) is 0 Å². The molecule has 1 rings (SSSR count). The molecular formula is C10H18N2O3. The fraction of sp³-hybridized carbons (Fsp3) is 0.800. The average molecular weight is 214 g/mol. The van der Waals surface area contributed by atoms with Crippen molar-refractivity contribution in [2.45, 2.75) is 33.2 Å². The van der Waals surface area contributed by atoms with Crippen molar-refractivity contribution in [3.05, 3.63) is 0 Å². The Morgan fingerprint density at radius 3 is 2.40 bits per heavy atom. The molecule has 1 aliphatic rings. The molecule has 1 atom stereocenters. The molecular weight excluding hydrogens is 196 g/mol. The first-order valence-electron chi connectivity index (χ1n) is 4.98. The minimum atomic E-state index is -0.982. The first-order valence-corrected chi connectivity index (χ1v) is 4.98. The Kier molecular flexibility index (Phi) is 3.04. The number of nitrogens with zero attached hydrogens (tertiary/aromatic N) is 2. The monoisotopic (exact) mass is 214 g/mol. The Bertz CT molecular complexity index is 283. The van der Waals surface area contributed by atoms with Gasteiger partial charge in [0.2, 0.25) is 5.91 Å². The van der Waals surface area contributed by atoms with Gasteiger partial charge in [0.25, 0.3) is 0 Å². The van der Waals surface area contributed by atoms with Crippen LogP contribution in [0.3, 0.4) is 0 Å². The summed E-state index contributed by atoms with van der Waals surface area (Å²) in [6.45, 7) is 5.89. The number of amides is 1. The van der Waals surface area contributed by atoms with Gasteiger partial charge in [-0.15, -0.1) is 0 Å². The fourth-order valence-corrected chi connectivity index (χ4v) is 1.94. The molecule has 0 aromatic rings. The van der Waals surface area contributed by atoms with Gasteiger partial charge in [0.15, 0.2) is 0 Å². The third-order valence-electron chi connectivity index (χ3n) is 2.77. The van der Waals surface area contributed by atoms with E-state index >= 15 is 0 Å². The highest BCUT2D eigenvalue weighted by atomic mass is 16.4. The first kappa shape index (κ1) is 12.0. The number of carbonyl (C=O) groups is 2. The quantitative estimate of drug-likeness (QED) is 0.729. The molecule has 1 aliphatic heterocycles. The van der Waals surface area contributed by atoms with Gasteiger partial charge in [0.05, 0.1) is 0 Å². The van der Waals surface area contributed by atoms with Gasteiger partial charge in [0.1, 0.15) is 6.54 Å². The molecule has 0 bridgehead atoms. The predicted octanol–water partition coefficient (Wildman–Crippen LogP) is 0.565. The van der Waals surface area contributed by atoms with Crippen LogP contribution < -0.4 is 0 Å². The van der Waals surface area contributed by atoms with Crippen LogP contribution in [0, 0.1) is 5.41 Å². The Balaban J connectivity index is 2.79. The summed E-state index contributed by atoms with van der Waals surface area (Å²) in [5.74, 6) is -1.09. The molecule has 0 aromatic carbocycles. The third-order valence-corrected chi connectivity index (χ3v) is 2.77. The summed E-state index contributed by atoms with van der Waals surface area (Å²) >= 11 is 0. The maximum absolute atomic E-state index is 11.6. The van der Waals surface area contributed by atoms with Crippen LogP contribution in [-0.2, 0) is 9.59 Å². The number of hydrogen-bond acceptors (Lipinski definition) is 3. The summed E-state index contributed by atoms with van der Waals surface area (Å²) in [6.07, 6.45) is 0.396. The molecule has 0 radical (unpaired) electrons. The van der Waals surface area contributed by atoms with E-state index in [0.29, 0.717) is 6.42 Å². The summed E-state index contributed by atoms with van der Waals surface area (Å²) < 4.78 is 0. The maximum Gasteiger partial charge on any atom is 0.324 e. The number of carbonyl (C=O) groups excluding carboxylic acids is 1. The topological polar surface area (TPSA) is 60.9 Å². The van der Waals surface area contributed by atoms with Crippen molar-refractivity contribution in [3.63, 3.8) is 0 Å². The SMILES string of the molecule is CN1C(C(C)(C)C)CC(=O)N1CC(=O)O. The van der Waals surface area contributed by atoms with Gasteiger partial charge in [-0.25, -0.2) is 5.01 Å². The average Bonchev–Trinajstić information content (AvgIpc) is 2.30. The van der Waals surface area contributed by atoms with Crippen molar-refractivity contribution in [1.82, 2.24) is 10.0 Å². The van der Waals surface area contributed by atoms with Gasteiger partial charge in [0, 0.05) is 19.5 Å². The van der Waals surface area contributed by atoms with Crippen molar-refractivity contribution in [3.8, 4) is 0 Å². The highest BCUT2D eigenvalue weighted by molar-refractivity contribution is 5.82. The van der Waals surface area contributed by atoms with Crippen LogP contribution in [0.1, 0.15) is 27.2 Å². The predicted molar refractivity (Wildman–Crippen MR) is 55.0 cm³/mol. The van der Waals surface area contributed by atoms with Crippen LogP contribution in [-0.4, -0.2) is 46.6 Å². The number of hydrogen-bond donors (Lipinski definition) is 1. The van der Waals surface area contributed by atoms with Gasteiger partial charge in [-0.05, 0) is 5.41 Å². The molecule has 1 N–H and O–H groups in total. The molecule has 5 nitrogen and oxygen atoms in total. The molecule has 0 aromatic heterocycles. The van der Waals surface area contributed by atoms with Crippen LogP contribution in [0.4, 0.5) is 0 Å². The summed E-state index contributed by atoms with van der Waals surface area (Å²) in [6, 6.07) is 0.0735. The normalized spacial score (nSPS) is 23.6. The Hall–Kier alpha value is -1.10. The van der Waals surface area contributed by atoms with Crippen LogP contribution >= 0.6 is 0 Å². The van der Waals surface area contributed by atoms with E-state index in [4.69, 9.17) is 5.11 Å². The highest BCUT2D eigenvalue weighted by Gasteiger charge is 2.41. The van der Waals surface area contributed by atoms with Crippen molar-refractivity contribution in [2.24, 2.45) is 5.41 Å². The second kappa shape index (κ2) is 3.81. The zero-order valence-electron chi connectivity index (χ0n) is 9.65. The van der Waals surface area contributed by atoms with Crippen LogP contribution in [0.25, 0.3) is 0 Å². The van der Waals surface area contributed by atoms with E-state index in [0.717, 1.165) is 0 Å². The summed E-state index contributed by atoms with van der Waals surface area (Å²) in [5.41, 5.74) is -0.0301. The van der Waals surface area contributed by atoms with Crippen molar-refractivity contribution < 1.29 is 14.7 Å². The lowest BCUT2D eigenvalue weighted by Gasteiger charge is -2.34. The summed E-state index contributed by atoms with van der Waals surface area (Å²) in [7, 11) is 1.77. The minimum Gasteiger partial charge on any atom is -0.480 e. The van der Waals surface area contributed by atoms with E-state index < -0.39 is 5.97 Å². The van der Waals surface area contributed by atoms with E-state index in [1.807, 2.05) is 20.8 Å². The lowest BCUT2D eigenvalue weighted by molar-refractivity contribution is -0.151. The Morgan fingerprint density at radius 2 is 2.07 bits per heavy atom. The number of carboxylic acid groups (broad SMARTS) is 1. The second-order valence-corrected chi connectivity index (χ2v) is 5.00. The smallest absolute Gasteiger partial charge is 0.324 e. The molecule has 0 spiro atoms. The molecule has 1 fully saturated rings. The number of carboxylic acids is 1. The Morgan fingerprint density at radius 1 is 1.53 bits per heavy atom. The zero-order valence-corrected chi connectivity index (χ0v) is 9.65. The number of aliphatic carboxylic acids is 1. The standard InChI is InChI=1S/C10H18N2O3/c1-10(2,3)7-5-8(13)12(11(7)4)6-9(14)15/h7H,5-6H2,1-4H3,(H,14,15). The summed E-state index contributed by atoms with van der Waals surface area (Å²) in [5, 5.41) is 11.7. The van der Waals surface area contributed by atoms with Crippen molar-refractivity contribution in [2.75, 3.05) is 13.6 Å². The number of hydrazine groups is 1. The lowest BCUT2D eigenvalue weighted by atomic mass is 9.85. The maximum atomic E-state index is 11.6. The lowest BCUT2D eigenvalue weighted by Crippen LogP contribution is -2.46. The molecule has 0 saturated carbocycles. The van der Waals surface area contributed by atoms with E-state index in [9.17, 15) is 9.59 Å². The largest absolute Gasteiger partial charge is 0.480 e. The van der Waals surface area contributed by atoms with Gasteiger partial charge in [-0.3, -0.25) is 14.6 Å². The van der Waals surface area contributed by atoms with Crippen LogP contribution in [0.5, 0.6) is 0 Å². The van der Waals surface area contributed by atoms with E-state index in [-0.39, 0.29) is 23.9 Å². The number of rotatable bonds is 2. The van der Waals surface area contributed by atoms with E-state index in [1.54, 1.807) is 12.1 Å². The molecule has 1 amide bonds. The van der Waals surface area contributed by atoms with Crippen LogP contribution in [0.2, 0.25) is 0 Å². The van der Waals surface area contributed by atoms with Gasteiger partial charge < -0.3 is 5.11 Å². The van der Waals surface area contributed by atoms with Gasteiger partial charge in [-0.1, -0.05) is 20.8 Å². The fourth-order valence-electron chi connectivity index (χ4n) is 1.94. The zero-order chi connectivity index (χ0) is 11.8. The molecule has 0 aliphatic carbocycles. The molecule has 1 unspecified atom stereocenters. The van der Waals surface area contributed by atoms with Crippen molar-refractivity contribution in [1.29, 1.82) is 0 Å². The first-order chi connectivity index (χ1) is 6.73. The van der Waals surface area contributed by atoms with E-state index in [1.165, 1.54) is 5.01 Å². The van der Waals surface area contributed by atoms with Gasteiger partial charge >= 0.3 is 5.97 Å². The molecule has 15 heavy (non-hydrogen) atoms.